The van der Waals surface area contributed by atoms with Crippen LogP contribution < -0.4 is 20.7 Å². The smallest absolute Gasteiger partial charge is 0.294 e. The number of nitrogens with one attached hydrogen (secondary N) is 1. The molecule has 0 radical (unpaired) electrons. The summed E-state index contributed by atoms with van der Waals surface area (Å²) < 4.78 is 63.1. The number of benzene rings is 2. The number of carbonyl (C=O) groups excluding carboxylic acids is 1. The van der Waals surface area contributed by atoms with Gasteiger partial charge in [0.1, 0.15) is 17.1 Å². The van der Waals surface area contributed by atoms with E-state index >= 15 is 4.39 Å². The molecule has 2 aromatic carbocycles. The Hall–Kier alpha value is -4.74. The van der Waals surface area contributed by atoms with E-state index in [9.17, 15) is 17.6 Å². The van der Waals surface area contributed by atoms with Gasteiger partial charge in [-0.3, -0.25) is 9.35 Å². The fourth-order valence-electron chi connectivity index (χ4n) is 5.00. The number of aryl methyl sites for hydroxylation is 1. The molecule has 46 heavy (non-hydrogen) atoms. The molecule has 2 atom stereocenters. The summed E-state index contributed by atoms with van der Waals surface area (Å²) >= 11 is 1.39. The summed E-state index contributed by atoms with van der Waals surface area (Å²) in [6.45, 7) is 2.56. The zero-order valence-electron chi connectivity index (χ0n) is 24.5. The van der Waals surface area contributed by atoms with Crippen LogP contribution in [0.5, 0.6) is 5.88 Å². The van der Waals surface area contributed by atoms with Crippen molar-refractivity contribution in [3.8, 4) is 5.88 Å². The van der Waals surface area contributed by atoms with Crippen LogP contribution in [0.2, 0.25) is 0 Å². The van der Waals surface area contributed by atoms with Gasteiger partial charge in [-0.1, -0.05) is 29.5 Å². The number of methoxy groups -OCH3 is 1. The third kappa shape index (κ3) is 7.21. The first kappa shape index (κ1) is 32.6. The van der Waals surface area contributed by atoms with E-state index in [4.69, 9.17) is 20.0 Å². The summed E-state index contributed by atoms with van der Waals surface area (Å²) in [6.07, 6.45) is 4.79. The number of hydrogen-bond acceptors (Lipinski definition) is 12. The number of amidine groups is 1. The first-order valence-electron chi connectivity index (χ1n) is 13.6. The zero-order chi connectivity index (χ0) is 33.1. The van der Waals surface area contributed by atoms with Gasteiger partial charge in [0.2, 0.25) is 11.8 Å². The number of nitrogens with zero attached hydrogens (tertiary/aromatic N) is 6. The summed E-state index contributed by atoms with van der Waals surface area (Å²) in [6, 6.07) is 10.3. The van der Waals surface area contributed by atoms with Crippen LogP contribution in [-0.4, -0.2) is 69.9 Å². The lowest BCUT2D eigenvalue weighted by atomic mass is 9.81. The second kappa shape index (κ2) is 13.3. The second-order valence-corrected chi connectivity index (χ2v) is 12.8. The Morgan fingerprint density at radius 3 is 2.43 bits per heavy atom. The van der Waals surface area contributed by atoms with Gasteiger partial charge in [-0.2, -0.15) is 8.42 Å². The maximum Gasteiger partial charge on any atom is 0.294 e. The van der Waals surface area contributed by atoms with Gasteiger partial charge in [-0.15, -0.1) is 0 Å². The number of anilines is 2. The largest absolute Gasteiger partial charge is 0.480 e. The molecule has 4 heterocycles. The second-order valence-electron chi connectivity index (χ2n) is 10.3. The third-order valence-corrected chi connectivity index (χ3v) is 9.08. The highest BCUT2D eigenvalue weighted by molar-refractivity contribution is 8.13. The van der Waals surface area contributed by atoms with E-state index < -0.39 is 33.2 Å². The molecule has 13 nitrogen and oxygen atoms in total. The van der Waals surface area contributed by atoms with E-state index in [0.29, 0.717) is 29.1 Å². The van der Waals surface area contributed by atoms with Crippen molar-refractivity contribution < 1.29 is 31.3 Å². The molecule has 1 amide bonds. The fourth-order valence-corrected chi connectivity index (χ4v) is 6.46. The Kier molecular flexibility index (Phi) is 9.45. The maximum atomic E-state index is 15.3. The molecule has 17 heteroatoms. The van der Waals surface area contributed by atoms with Crippen molar-refractivity contribution in [3.05, 3.63) is 95.7 Å². The Morgan fingerprint density at radius 2 is 1.80 bits per heavy atom. The number of ether oxygens (including phenoxy) is 1. The lowest BCUT2D eigenvalue weighted by molar-refractivity contribution is 0.102. The summed E-state index contributed by atoms with van der Waals surface area (Å²) in [5.41, 5.74) is 6.73. The highest BCUT2D eigenvalue weighted by Gasteiger charge is 2.52. The number of halogens is 2. The quantitative estimate of drug-likeness (QED) is 0.254. The molecule has 0 unspecified atom stereocenters. The minimum absolute atomic E-state index is 0.0666. The van der Waals surface area contributed by atoms with Crippen molar-refractivity contribution in [1.29, 1.82) is 0 Å². The Bertz CT molecular complexity index is 1860. The molecular weight excluding hydrogens is 643 g/mol. The fraction of sp³-hybridized carbons (Fsp3) is 0.241. The Morgan fingerprint density at radius 1 is 1.09 bits per heavy atom. The third-order valence-electron chi connectivity index (χ3n) is 7.26. The van der Waals surface area contributed by atoms with E-state index in [2.05, 4.69) is 25.3 Å². The first-order chi connectivity index (χ1) is 21.9. The average molecular weight is 671 g/mol. The number of aromatic nitrogens is 4. The molecule has 4 N–H and O–H groups in total. The highest BCUT2D eigenvalue weighted by Crippen LogP contribution is 2.47. The van der Waals surface area contributed by atoms with Crippen LogP contribution in [0, 0.1) is 24.5 Å². The van der Waals surface area contributed by atoms with Crippen molar-refractivity contribution in [2.45, 2.75) is 17.4 Å². The monoisotopic (exact) mass is 670 g/mol. The normalized spacial score (nSPS) is 18.9. The number of fused-ring (bicyclic) bond motifs is 1. The molecule has 0 bridgehead atoms. The van der Waals surface area contributed by atoms with Crippen LogP contribution in [0.4, 0.5) is 20.4 Å². The Balaban J connectivity index is 0.000000322. The van der Waals surface area contributed by atoms with Crippen molar-refractivity contribution in [2.24, 2.45) is 16.6 Å². The van der Waals surface area contributed by atoms with Gasteiger partial charge in [0.15, 0.2) is 11.0 Å². The minimum atomic E-state index is -4.02. The van der Waals surface area contributed by atoms with Crippen molar-refractivity contribution in [3.63, 3.8) is 0 Å². The van der Waals surface area contributed by atoms with Crippen LogP contribution in [-0.2, 0) is 15.7 Å². The van der Waals surface area contributed by atoms with Gasteiger partial charge in [-0.25, -0.2) is 33.7 Å². The number of nitrogens with two attached hydrogens (primary N) is 1. The highest BCUT2D eigenvalue weighted by atomic mass is 32.2. The van der Waals surface area contributed by atoms with Crippen LogP contribution in [0.25, 0.3) is 0 Å². The molecule has 2 aliphatic heterocycles. The maximum absolute atomic E-state index is 15.3. The standard InChI is InChI=1S/C22H20F2N8O2S.C7H8O3S/c1-34-18-8-26-17(7-27-18)19(33)30-14-2-3-16(24)15(4-14)22-11-32(21-28-5-13(23)6-29-21)9-12(22)10-35-20(25)31-22;1-6-2-4-7(5-3-6)11(8,9)10/h2-8,12H,9-11H2,1H3,(H2,25,31)(H,30,33);2-5H,1H3,(H,8,9,10)/t12-,22-;/m0./s1. The number of hydrogen-bond donors (Lipinski definition) is 3. The van der Waals surface area contributed by atoms with E-state index in [-0.39, 0.29) is 34.5 Å². The van der Waals surface area contributed by atoms with Gasteiger partial charge in [-0.05, 0) is 37.3 Å². The van der Waals surface area contributed by atoms with Crippen LogP contribution in [0.1, 0.15) is 21.6 Å². The van der Waals surface area contributed by atoms with Crippen molar-refractivity contribution in [1.82, 2.24) is 19.9 Å². The average Bonchev–Trinajstić information content (AvgIpc) is 3.42. The summed E-state index contributed by atoms with van der Waals surface area (Å²) in [5, 5.41) is 3.06. The molecule has 6 rings (SSSR count). The molecule has 1 saturated heterocycles. The summed E-state index contributed by atoms with van der Waals surface area (Å²) in [4.78, 5) is 35.3. The molecule has 0 saturated carbocycles. The number of aliphatic imine (C=N–C) groups is 1. The molecule has 240 valence electrons. The minimum Gasteiger partial charge on any atom is -0.480 e. The number of rotatable bonds is 6. The van der Waals surface area contributed by atoms with Gasteiger partial charge < -0.3 is 20.7 Å². The number of carbonyl (C=O) groups is 1. The van der Waals surface area contributed by atoms with E-state index in [0.717, 1.165) is 18.0 Å². The van der Waals surface area contributed by atoms with Crippen LogP contribution >= 0.6 is 11.8 Å². The van der Waals surface area contributed by atoms with Gasteiger partial charge in [0, 0.05) is 29.5 Å². The molecule has 0 spiro atoms. The number of amides is 1. The van der Waals surface area contributed by atoms with E-state index in [1.54, 1.807) is 18.2 Å². The Labute approximate surface area is 267 Å². The van der Waals surface area contributed by atoms with E-state index in [1.165, 1.54) is 55.5 Å². The molecule has 2 aliphatic rings. The van der Waals surface area contributed by atoms with Crippen LogP contribution in [0.15, 0.2) is 77.1 Å². The molecule has 0 aliphatic carbocycles. The lowest BCUT2D eigenvalue weighted by Crippen LogP contribution is -2.40. The predicted molar refractivity (Wildman–Crippen MR) is 167 cm³/mol. The predicted octanol–water partition coefficient (Wildman–Crippen LogP) is 3.44. The lowest BCUT2D eigenvalue weighted by Gasteiger charge is -2.35. The zero-order valence-corrected chi connectivity index (χ0v) is 26.1. The van der Waals surface area contributed by atoms with Gasteiger partial charge in [0.05, 0.1) is 43.3 Å². The summed E-state index contributed by atoms with van der Waals surface area (Å²) in [5.74, 6) is -0.469. The number of thioether (sulfide) groups is 1. The summed E-state index contributed by atoms with van der Waals surface area (Å²) in [7, 11) is -2.57. The topological polar surface area (TPSA) is 186 Å². The SMILES string of the molecule is COc1cnc(C(=O)Nc2ccc(F)c([C@]34CN(c5ncc(F)cn5)C[C@H]3CSC(N)=N4)c2)cn1.Cc1ccc(S(=O)(=O)O)cc1. The first-order valence-corrected chi connectivity index (χ1v) is 16.0. The van der Waals surface area contributed by atoms with Crippen molar-refractivity contribution >= 4 is 44.6 Å². The van der Waals surface area contributed by atoms with Crippen LogP contribution in [0.3, 0.4) is 0 Å². The van der Waals surface area contributed by atoms with Gasteiger partial charge >= 0.3 is 0 Å². The molecule has 1 fully saturated rings. The molecule has 2 aromatic heterocycles. The van der Waals surface area contributed by atoms with Crippen molar-refractivity contribution in [2.75, 3.05) is 36.2 Å². The van der Waals surface area contributed by atoms with Gasteiger partial charge in [0.25, 0.3) is 16.0 Å². The molecular formula is C29H28F2N8O5S2. The van der Waals surface area contributed by atoms with E-state index in [1.807, 2.05) is 11.8 Å². The molecule has 4 aromatic rings.